The number of rotatable bonds is 4. The van der Waals surface area contributed by atoms with Crippen LogP contribution in [0.1, 0.15) is 29.6 Å². The first-order valence-corrected chi connectivity index (χ1v) is 6.91. The molecule has 1 fully saturated rings. The molecule has 1 aromatic rings. The van der Waals surface area contributed by atoms with Crippen LogP contribution in [0.4, 0.5) is 5.69 Å². The fourth-order valence-electron chi connectivity index (χ4n) is 2.08. The molecular formula is C14H18ClNO4. The van der Waals surface area contributed by atoms with Gasteiger partial charge in [0.15, 0.2) is 0 Å². The Bertz CT molecular complexity index is 486. The molecular weight excluding hydrogens is 282 g/mol. The number of hydrogen-bond donors (Lipinski definition) is 1. The van der Waals surface area contributed by atoms with Gasteiger partial charge in [0.25, 0.3) is 0 Å². The van der Waals surface area contributed by atoms with Crippen molar-refractivity contribution in [3.05, 3.63) is 22.7 Å². The van der Waals surface area contributed by atoms with E-state index in [4.69, 9.17) is 31.5 Å². The van der Waals surface area contributed by atoms with Gasteiger partial charge in [-0.15, -0.1) is 0 Å². The first kappa shape index (κ1) is 14.9. The van der Waals surface area contributed by atoms with Crippen molar-refractivity contribution in [3.63, 3.8) is 0 Å². The standard InChI is InChI=1S/C14H18ClNO4/c1-18-13-7-12(16)11(15)6-10(13)14(17)20-8-9-4-2-3-5-19-9/h6-7,9H,2-5,8,16H2,1H3. The number of ether oxygens (including phenoxy) is 3. The summed E-state index contributed by atoms with van der Waals surface area (Å²) in [4.78, 5) is 12.1. The second-order valence-electron chi connectivity index (χ2n) is 4.66. The molecule has 1 aliphatic rings. The number of hydrogen-bond acceptors (Lipinski definition) is 5. The Labute approximate surface area is 122 Å². The molecule has 1 saturated heterocycles. The van der Waals surface area contributed by atoms with E-state index in [9.17, 15) is 4.79 Å². The number of nitrogen functional groups attached to an aromatic ring is 1. The van der Waals surface area contributed by atoms with Crippen LogP contribution < -0.4 is 10.5 Å². The van der Waals surface area contributed by atoms with Crippen molar-refractivity contribution in [1.29, 1.82) is 0 Å². The number of nitrogens with two attached hydrogens (primary N) is 1. The van der Waals surface area contributed by atoms with Crippen molar-refractivity contribution in [2.45, 2.75) is 25.4 Å². The van der Waals surface area contributed by atoms with Crippen LogP contribution in [0, 0.1) is 0 Å². The highest BCUT2D eigenvalue weighted by molar-refractivity contribution is 6.33. The average molecular weight is 300 g/mol. The zero-order valence-corrected chi connectivity index (χ0v) is 12.1. The minimum atomic E-state index is -0.488. The number of anilines is 1. The van der Waals surface area contributed by atoms with Gasteiger partial charge in [-0.25, -0.2) is 4.79 Å². The summed E-state index contributed by atoms with van der Waals surface area (Å²) < 4.78 is 15.9. The van der Waals surface area contributed by atoms with Gasteiger partial charge >= 0.3 is 5.97 Å². The first-order valence-electron chi connectivity index (χ1n) is 6.53. The fraction of sp³-hybridized carbons (Fsp3) is 0.500. The largest absolute Gasteiger partial charge is 0.496 e. The molecule has 0 aliphatic carbocycles. The van der Waals surface area contributed by atoms with Crippen molar-refractivity contribution in [1.82, 2.24) is 0 Å². The topological polar surface area (TPSA) is 70.8 Å². The van der Waals surface area contributed by atoms with Crippen LogP contribution >= 0.6 is 11.6 Å². The number of carbonyl (C=O) groups is 1. The van der Waals surface area contributed by atoms with E-state index in [1.807, 2.05) is 0 Å². The summed E-state index contributed by atoms with van der Waals surface area (Å²) in [5.41, 5.74) is 6.30. The predicted octanol–water partition coefficient (Wildman–Crippen LogP) is 2.66. The van der Waals surface area contributed by atoms with Gasteiger partial charge in [0.05, 0.1) is 23.9 Å². The minimum Gasteiger partial charge on any atom is -0.496 e. The van der Waals surface area contributed by atoms with Crippen LogP contribution in [0.5, 0.6) is 5.75 Å². The average Bonchev–Trinajstić information content (AvgIpc) is 2.48. The van der Waals surface area contributed by atoms with Crippen molar-refractivity contribution in [3.8, 4) is 5.75 Å². The van der Waals surface area contributed by atoms with E-state index in [2.05, 4.69) is 0 Å². The van der Waals surface area contributed by atoms with Gasteiger partial charge in [0.2, 0.25) is 0 Å². The molecule has 2 N–H and O–H groups in total. The summed E-state index contributed by atoms with van der Waals surface area (Å²) in [7, 11) is 1.46. The summed E-state index contributed by atoms with van der Waals surface area (Å²) in [6, 6.07) is 2.97. The van der Waals surface area contributed by atoms with Crippen LogP contribution in [0.2, 0.25) is 5.02 Å². The Morgan fingerprint density at radius 3 is 2.95 bits per heavy atom. The molecule has 0 saturated carbocycles. The maximum absolute atomic E-state index is 12.1. The number of benzene rings is 1. The molecule has 1 atom stereocenters. The quantitative estimate of drug-likeness (QED) is 0.683. The molecule has 0 radical (unpaired) electrons. The molecule has 1 aromatic carbocycles. The van der Waals surface area contributed by atoms with Gasteiger partial charge in [-0.2, -0.15) is 0 Å². The van der Waals surface area contributed by atoms with Gasteiger partial charge in [-0.1, -0.05) is 11.6 Å². The molecule has 5 nitrogen and oxygen atoms in total. The third kappa shape index (κ3) is 3.55. The zero-order valence-electron chi connectivity index (χ0n) is 11.4. The van der Waals surface area contributed by atoms with Gasteiger partial charge in [0, 0.05) is 12.7 Å². The lowest BCUT2D eigenvalue weighted by Crippen LogP contribution is -2.26. The molecule has 6 heteroatoms. The Morgan fingerprint density at radius 1 is 1.50 bits per heavy atom. The summed E-state index contributed by atoms with van der Waals surface area (Å²) in [6.07, 6.45) is 3.04. The number of esters is 1. The van der Waals surface area contributed by atoms with Crippen molar-refractivity contribution < 1.29 is 19.0 Å². The summed E-state index contributed by atoms with van der Waals surface area (Å²) in [6.45, 7) is 0.962. The second kappa shape index (κ2) is 6.81. The van der Waals surface area contributed by atoms with E-state index in [-0.39, 0.29) is 18.3 Å². The smallest absolute Gasteiger partial charge is 0.342 e. The lowest BCUT2D eigenvalue weighted by atomic mass is 10.1. The Hall–Kier alpha value is -1.46. The fourth-order valence-corrected chi connectivity index (χ4v) is 2.25. The molecule has 0 bridgehead atoms. The van der Waals surface area contributed by atoms with E-state index >= 15 is 0 Å². The normalized spacial score (nSPS) is 18.6. The van der Waals surface area contributed by atoms with Crippen LogP contribution in [0.15, 0.2) is 12.1 Å². The van der Waals surface area contributed by atoms with Gasteiger partial charge < -0.3 is 19.9 Å². The van der Waals surface area contributed by atoms with Crippen LogP contribution in [-0.4, -0.2) is 32.4 Å². The molecule has 110 valence electrons. The Kier molecular flexibility index (Phi) is 5.09. The summed E-state index contributed by atoms with van der Waals surface area (Å²) >= 11 is 5.92. The maximum Gasteiger partial charge on any atom is 0.342 e. The van der Waals surface area contributed by atoms with E-state index in [0.29, 0.717) is 16.5 Å². The van der Waals surface area contributed by atoms with Crippen molar-refractivity contribution in [2.75, 3.05) is 26.1 Å². The van der Waals surface area contributed by atoms with Crippen LogP contribution in [0.25, 0.3) is 0 Å². The first-order chi connectivity index (χ1) is 9.61. The van der Waals surface area contributed by atoms with E-state index in [1.54, 1.807) is 0 Å². The highest BCUT2D eigenvalue weighted by Crippen LogP contribution is 2.29. The minimum absolute atomic E-state index is 0.0250. The van der Waals surface area contributed by atoms with E-state index in [0.717, 1.165) is 25.9 Å². The lowest BCUT2D eigenvalue weighted by Gasteiger charge is -2.22. The number of carbonyl (C=O) groups excluding carboxylic acids is 1. The highest BCUT2D eigenvalue weighted by Gasteiger charge is 2.20. The van der Waals surface area contributed by atoms with E-state index in [1.165, 1.54) is 19.2 Å². The molecule has 0 spiro atoms. The second-order valence-corrected chi connectivity index (χ2v) is 5.07. The summed E-state index contributed by atoms with van der Waals surface area (Å²) in [5.74, 6) is -0.139. The zero-order chi connectivity index (χ0) is 14.5. The lowest BCUT2D eigenvalue weighted by molar-refractivity contribution is -0.0301. The number of halogens is 1. The van der Waals surface area contributed by atoms with Crippen LogP contribution in [-0.2, 0) is 9.47 Å². The maximum atomic E-state index is 12.1. The molecule has 1 unspecified atom stereocenters. The molecule has 0 amide bonds. The van der Waals surface area contributed by atoms with Gasteiger partial charge in [0.1, 0.15) is 17.9 Å². The monoisotopic (exact) mass is 299 g/mol. The Balaban J connectivity index is 2.02. The molecule has 1 aliphatic heterocycles. The molecule has 0 aromatic heterocycles. The Morgan fingerprint density at radius 2 is 2.30 bits per heavy atom. The van der Waals surface area contributed by atoms with Crippen molar-refractivity contribution >= 4 is 23.3 Å². The highest BCUT2D eigenvalue weighted by atomic mass is 35.5. The number of methoxy groups -OCH3 is 1. The van der Waals surface area contributed by atoms with Crippen molar-refractivity contribution in [2.24, 2.45) is 0 Å². The molecule has 2 rings (SSSR count). The summed E-state index contributed by atoms with van der Waals surface area (Å²) in [5, 5.41) is 0.298. The van der Waals surface area contributed by atoms with E-state index < -0.39 is 5.97 Å². The van der Waals surface area contributed by atoms with Gasteiger partial charge in [-0.3, -0.25) is 0 Å². The SMILES string of the molecule is COc1cc(N)c(Cl)cc1C(=O)OCC1CCCCO1. The van der Waals surface area contributed by atoms with Crippen LogP contribution in [0.3, 0.4) is 0 Å². The third-order valence-electron chi connectivity index (χ3n) is 3.21. The third-order valence-corrected chi connectivity index (χ3v) is 3.54. The molecule has 20 heavy (non-hydrogen) atoms. The van der Waals surface area contributed by atoms with Gasteiger partial charge in [-0.05, 0) is 25.3 Å². The predicted molar refractivity (Wildman–Crippen MR) is 76.3 cm³/mol. The molecule has 1 heterocycles.